The van der Waals surface area contributed by atoms with Gasteiger partial charge >= 0.3 is 0 Å². The Labute approximate surface area is 104 Å². The highest BCUT2D eigenvalue weighted by molar-refractivity contribution is 8.07. The van der Waals surface area contributed by atoms with Crippen molar-refractivity contribution < 1.29 is 5.11 Å². The molecule has 4 nitrogen and oxygen atoms in total. The lowest BCUT2D eigenvalue weighted by Crippen LogP contribution is -2.31. The second-order valence-electron chi connectivity index (χ2n) is 4.15. The molecule has 1 fully saturated rings. The van der Waals surface area contributed by atoms with Crippen LogP contribution in [0.4, 0.5) is 0 Å². The molecular formula is C10H17N3OS2. The SMILES string of the molecule is CC1SCC(C(O)c2cnnn2C)SC1C. The van der Waals surface area contributed by atoms with Crippen LogP contribution < -0.4 is 0 Å². The van der Waals surface area contributed by atoms with Crippen LogP contribution >= 0.6 is 23.5 Å². The minimum atomic E-state index is -0.465. The zero-order valence-electron chi connectivity index (χ0n) is 9.70. The average molecular weight is 259 g/mol. The third-order valence-corrected chi connectivity index (χ3v) is 6.46. The molecule has 2 heterocycles. The van der Waals surface area contributed by atoms with Gasteiger partial charge in [0.1, 0.15) is 6.10 Å². The van der Waals surface area contributed by atoms with Gasteiger partial charge in [-0.1, -0.05) is 19.1 Å². The molecule has 1 aromatic rings. The molecule has 0 aliphatic carbocycles. The summed E-state index contributed by atoms with van der Waals surface area (Å²) >= 11 is 3.80. The Morgan fingerprint density at radius 3 is 2.81 bits per heavy atom. The van der Waals surface area contributed by atoms with E-state index in [4.69, 9.17) is 0 Å². The van der Waals surface area contributed by atoms with Crippen LogP contribution in [0.2, 0.25) is 0 Å². The van der Waals surface area contributed by atoms with E-state index in [1.54, 1.807) is 10.9 Å². The van der Waals surface area contributed by atoms with Gasteiger partial charge in [0.2, 0.25) is 0 Å². The number of nitrogens with zero attached hydrogens (tertiary/aromatic N) is 3. The first-order chi connectivity index (χ1) is 7.59. The molecular weight excluding hydrogens is 242 g/mol. The summed E-state index contributed by atoms with van der Waals surface area (Å²) in [5.41, 5.74) is 0.805. The number of hydrogen-bond acceptors (Lipinski definition) is 5. The predicted octanol–water partition coefficient (Wildman–Crippen LogP) is 1.47. The van der Waals surface area contributed by atoms with Gasteiger partial charge in [-0.05, 0) is 0 Å². The summed E-state index contributed by atoms with van der Waals surface area (Å²) in [5, 5.41) is 19.4. The standard InChI is InChI=1S/C10H17N3OS2/c1-6-7(2)16-9(5-15-6)10(14)8-4-11-12-13(8)3/h4,6-7,9-10,14H,5H2,1-3H3. The predicted molar refractivity (Wildman–Crippen MR) is 68.7 cm³/mol. The fourth-order valence-electron chi connectivity index (χ4n) is 1.73. The van der Waals surface area contributed by atoms with E-state index in [-0.39, 0.29) is 5.25 Å². The van der Waals surface area contributed by atoms with E-state index in [0.717, 1.165) is 11.4 Å². The number of aliphatic hydroxyl groups excluding tert-OH is 1. The van der Waals surface area contributed by atoms with Crippen molar-refractivity contribution in [3.05, 3.63) is 11.9 Å². The van der Waals surface area contributed by atoms with Gasteiger partial charge in [-0.3, -0.25) is 0 Å². The Bertz CT molecular complexity index is 358. The van der Waals surface area contributed by atoms with Crippen LogP contribution in [0.3, 0.4) is 0 Å². The van der Waals surface area contributed by atoms with E-state index >= 15 is 0 Å². The van der Waals surface area contributed by atoms with Gasteiger partial charge in [0.05, 0.1) is 11.9 Å². The lowest BCUT2D eigenvalue weighted by atomic mass is 10.2. The molecule has 1 aliphatic rings. The molecule has 0 bridgehead atoms. The maximum atomic E-state index is 10.3. The van der Waals surface area contributed by atoms with E-state index < -0.39 is 6.10 Å². The van der Waals surface area contributed by atoms with Crippen LogP contribution in [0.15, 0.2) is 6.20 Å². The van der Waals surface area contributed by atoms with Crippen LogP contribution in [0.1, 0.15) is 25.6 Å². The quantitative estimate of drug-likeness (QED) is 0.871. The highest BCUT2D eigenvalue weighted by atomic mass is 32.2. The zero-order valence-corrected chi connectivity index (χ0v) is 11.3. The van der Waals surface area contributed by atoms with Gasteiger partial charge in [0, 0.05) is 28.6 Å². The van der Waals surface area contributed by atoms with Gasteiger partial charge in [-0.25, -0.2) is 4.68 Å². The summed E-state index contributed by atoms with van der Waals surface area (Å²) in [7, 11) is 1.82. The Balaban J connectivity index is 2.06. The minimum Gasteiger partial charge on any atom is -0.386 e. The largest absolute Gasteiger partial charge is 0.386 e. The smallest absolute Gasteiger partial charge is 0.110 e. The molecule has 0 radical (unpaired) electrons. The van der Waals surface area contributed by atoms with Crippen LogP contribution in [0, 0.1) is 0 Å². The number of hydrogen-bond donors (Lipinski definition) is 1. The molecule has 90 valence electrons. The first kappa shape index (κ1) is 12.3. The number of aromatic nitrogens is 3. The van der Waals surface area contributed by atoms with E-state index in [0.29, 0.717) is 10.5 Å². The molecule has 4 atom stereocenters. The molecule has 0 saturated carbocycles. The van der Waals surface area contributed by atoms with Crippen molar-refractivity contribution in [2.45, 2.75) is 35.7 Å². The van der Waals surface area contributed by atoms with Gasteiger partial charge in [0.15, 0.2) is 0 Å². The highest BCUT2D eigenvalue weighted by Gasteiger charge is 2.32. The molecule has 0 spiro atoms. The van der Waals surface area contributed by atoms with Gasteiger partial charge < -0.3 is 5.11 Å². The molecule has 2 rings (SSSR count). The number of rotatable bonds is 2. The molecule has 1 aliphatic heterocycles. The average Bonchev–Trinajstić information content (AvgIpc) is 2.67. The molecule has 6 heteroatoms. The van der Waals surface area contributed by atoms with Gasteiger partial charge in [0.25, 0.3) is 0 Å². The molecule has 1 saturated heterocycles. The summed E-state index contributed by atoms with van der Waals surface area (Å²) in [4.78, 5) is 0. The second-order valence-corrected chi connectivity index (χ2v) is 7.18. The van der Waals surface area contributed by atoms with Crippen LogP contribution in [0.25, 0.3) is 0 Å². The first-order valence-electron chi connectivity index (χ1n) is 5.39. The third-order valence-electron chi connectivity index (χ3n) is 2.98. The van der Waals surface area contributed by atoms with Gasteiger partial charge in [-0.15, -0.1) is 5.10 Å². The van der Waals surface area contributed by atoms with Crippen molar-refractivity contribution in [1.29, 1.82) is 0 Å². The van der Waals surface area contributed by atoms with Crippen molar-refractivity contribution in [2.24, 2.45) is 7.05 Å². The summed E-state index contributed by atoms with van der Waals surface area (Å²) in [6, 6.07) is 0. The summed E-state index contributed by atoms with van der Waals surface area (Å²) in [5.74, 6) is 0.989. The molecule has 1 aromatic heterocycles. The lowest BCUT2D eigenvalue weighted by molar-refractivity contribution is 0.170. The fraction of sp³-hybridized carbons (Fsp3) is 0.800. The number of aryl methyl sites for hydroxylation is 1. The topological polar surface area (TPSA) is 50.9 Å². The monoisotopic (exact) mass is 259 g/mol. The number of thioether (sulfide) groups is 2. The summed E-state index contributed by atoms with van der Waals surface area (Å²) in [6.07, 6.45) is 1.19. The Morgan fingerprint density at radius 1 is 1.50 bits per heavy atom. The minimum absolute atomic E-state index is 0.244. The van der Waals surface area contributed by atoms with E-state index in [1.807, 2.05) is 30.6 Å². The second kappa shape index (κ2) is 4.98. The van der Waals surface area contributed by atoms with Crippen LogP contribution in [-0.2, 0) is 7.05 Å². The Hall–Kier alpha value is -0.200. The van der Waals surface area contributed by atoms with Crippen molar-refractivity contribution in [1.82, 2.24) is 15.0 Å². The van der Waals surface area contributed by atoms with Crippen molar-refractivity contribution in [3.63, 3.8) is 0 Å². The molecule has 1 N–H and O–H groups in total. The lowest BCUT2D eigenvalue weighted by Gasteiger charge is -2.33. The van der Waals surface area contributed by atoms with E-state index in [1.165, 1.54) is 0 Å². The fourth-order valence-corrected chi connectivity index (χ4v) is 4.71. The number of aliphatic hydroxyl groups is 1. The maximum Gasteiger partial charge on any atom is 0.110 e. The van der Waals surface area contributed by atoms with Crippen molar-refractivity contribution in [3.8, 4) is 0 Å². The molecule has 0 aromatic carbocycles. The molecule has 0 amide bonds. The first-order valence-corrected chi connectivity index (χ1v) is 7.38. The molecule has 4 unspecified atom stereocenters. The summed E-state index contributed by atoms with van der Waals surface area (Å²) < 4.78 is 1.65. The maximum absolute atomic E-state index is 10.3. The van der Waals surface area contributed by atoms with E-state index in [9.17, 15) is 5.11 Å². The molecule has 16 heavy (non-hydrogen) atoms. The summed E-state index contributed by atoms with van der Waals surface area (Å²) in [6.45, 7) is 4.47. The third kappa shape index (κ3) is 2.38. The van der Waals surface area contributed by atoms with Gasteiger partial charge in [-0.2, -0.15) is 23.5 Å². The zero-order chi connectivity index (χ0) is 11.7. The van der Waals surface area contributed by atoms with E-state index in [2.05, 4.69) is 24.2 Å². The Morgan fingerprint density at radius 2 is 2.25 bits per heavy atom. The van der Waals surface area contributed by atoms with Crippen LogP contribution in [-0.4, -0.2) is 41.6 Å². The van der Waals surface area contributed by atoms with Crippen molar-refractivity contribution >= 4 is 23.5 Å². The van der Waals surface area contributed by atoms with Crippen LogP contribution in [0.5, 0.6) is 0 Å². The highest BCUT2D eigenvalue weighted by Crippen LogP contribution is 2.40. The van der Waals surface area contributed by atoms with Crippen molar-refractivity contribution in [2.75, 3.05) is 5.75 Å². The Kier molecular flexibility index (Phi) is 3.81. The normalized spacial score (nSPS) is 32.6.